The van der Waals surface area contributed by atoms with Crippen molar-refractivity contribution in [2.45, 2.75) is 97.0 Å². The molecule has 0 radical (unpaired) electrons. The molecule has 0 aromatic carbocycles. The van der Waals surface area contributed by atoms with Crippen LogP contribution in [0.4, 0.5) is 0 Å². The summed E-state index contributed by atoms with van der Waals surface area (Å²) in [4.78, 5) is 24.0. The van der Waals surface area contributed by atoms with E-state index >= 15 is 0 Å². The highest BCUT2D eigenvalue weighted by molar-refractivity contribution is 7.45. The summed E-state index contributed by atoms with van der Waals surface area (Å²) in [5, 5.41) is 0. The molecule has 0 saturated carbocycles. The molecule has 0 heterocycles. The molecule has 0 fully saturated rings. The highest BCUT2D eigenvalue weighted by Crippen LogP contribution is 2.38. The quantitative estimate of drug-likeness (QED) is 0.0458. The van der Waals surface area contributed by atoms with Crippen LogP contribution in [0.3, 0.4) is 0 Å². The SMILES string of the molecule is CCC/C=C\C/C=C\CCCCCCCCOCC(COP(=O)([O-])OCC[N+](C)(C)C)OC(=O)CCC. The number of allylic oxidation sites excluding steroid dienone is 4. The Kier molecular flexibility index (Phi) is 22.3. The van der Waals surface area contributed by atoms with Crippen LogP contribution in [0.25, 0.3) is 0 Å². The molecule has 0 N–H and O–H groups in total. The molecule has 37 heavy (non-hydrogen) atoms. The molecule has 0 saturated heterocycles. The third kappa shape index (κ3) is 26.4. The van der Waals surface area contributed by atoms with Gasteiger partial charge in [0.2, 0.25) is 0 Å². The van der Waals surface area contributed by atoms with Crippen molar-refractivity contribution in [3.05, 3.63) is 24.3 Å². The zero-order valence-corrected chi connectivity index (χ0v) is 25.1. The van der Waals surface area contributed by atoms with Crippen LogP contribution in [0.1, 0.15) is 90.9 Å². The number of esters is 1. The van der Waals surface area contributed by atoms with Gasteiger partial charge in [0.1, 0.15) is 19.3 Å². The first-order valence-electron chi connectivity index (χ1n) is 14.1. The number of nitrogens with zero attached hydrogens (tertiary/aromatic N) is 1. The van der Waals surface area contributed by atoms with E-state index in [1.165, 1.54) is 25.7 Å². The first-order chi connectivity index (χ1) is 17.6. The minimum absolute atomic E-state index is 0.0223. The summed E-state index contributed by atoms with van der Waals surface area (Å²) in [7, 11) is 1.34. The Labute approximate surface area is 226 Å². The molecular formula is C28H54NO7P. The summed E-state index contributed by atoms with van der Waals surface area (Å²) >= 11 is 0. The number of rotatable bonds is 25. The molecule has 8 nitrogen and oxygen atoms in total. The molecule has 0 aromatic rings. The normalized spacial score (nSPS) is 14.9. The number of ether oxygens (including phenoxy) is 2. The predicted molar refractivity (Wildman–Crippen MR) is 148 cm³/mol. The fraction of sp³-hybridized carbons (Fsp3) is 0.821. The lowest BCUT2D eigenvalue weighted by Crippen LogP contribution is -2.37. The number of phosphoric acid groups is 1. The first kappa shape index (κ1) is 36.0. The van der Waals surface area contributed by atoms with Crippen LogP contribution in [0.2, 0.25) is 0 Å². The van der Waals surface area contributed by atoms with Crippen molar-refractivity contribution in [1.29, 1.82) is 0 Å². The second-order valence-electron chi connectivity index (χ2n) is 10.4. The number of hydrogen-bond donors (Lipinski definition) is 0. The molecule has 218 valence electrons. The molecule has 0 aliphatic rings. The van der Waals surface area contributed by atoms with Gasteiger partial charge in [0.15, 0.2) is 0 Å². The number of likely N-dealkylation sites (N-methyl/N-ethyl adjacent to an activating group) is 1. The van der Waals surface area contributed by atoms with Gasteiger partial charge in [-0.2, -0.15) is 0 Å². The van der Waals surface area contributed by atoms with Crippen LogP contribution in [-0.2, 0) is 27.9 Å². The average Bonchev–Trinajstić information content (AvgIpc) is 2.81. The maximum atomic E-state index is 12.0. The van der Waals surface area contributed by atoms with Crippen molar-refractivity contribution in [3.63, 3.8) is 0 Å². The molecule has 2 atom stereocenters. The van der Waals surface area contributed by atoms with E-state index in [0.29, 0.717) is 24.1 Å². The molecular weight excluding hydrogens is 493 g/mol. The average molecular weight is 548 g/mol. The lowest BCUT2D eigenvalue weighted by Gasteiger charge is -2.28. The summed E-state index contributed by atoms with van der Waals surface area (Å²) in [6.07, 6.45) is 20.5. The van der Waals surface area contributed by atoms with Gasteiger partial charge < -0.3 is 27.9 Å². The highest BCUT2D eigenvalue weighted by atomic mass is 31.2. The monoisotopic (exact) mass is 547 g/mol. The van der Waals surface area contributed by atoms with Crippen molar-refractivity contribution in [2.24, 2.45) is 0 Å². The van der Waals surface area contributed by atoms with Crippen LogP contribution in [0, 0.1) is 0 Å². The highest BCUT2D eigenvalue weighted by Gasteiger charge is 2.20. The van der Waals surface area contributed by atoms with E-state index in [1.807, 2.05) is 28.1 Å². The third-order valence-corrected chi connectivity index (χ3v) is 6.42. The van der Waals surface area contributed by atoms with Crippen molar-refractivity contribution < 1.29 is 37.3 Å². The van der Waals surface area contributed by atoms with E-state index in [1.54, 1.807) is 0 Å². The molecule has 0 amide bonds. The van der Waals surface area contributed by atoms with Gasteiger partial charge in [0, 0.05) is 13.0 Å². The van der Waals surface area contributed by atoms with Gasteiger partial charge in [-0.1, -0.05) is 70.3 Å². The van der Waals surface area contributed by atoms with E-state index in [2.05, 4.69) is 31.2 Å². The molecule has 0 aromatic heterocycles. The Morgan fingerprint density at radius 3 is 2.14 bits per heavy atom. The second-order valence-corrected chi connectivity index (χ2v) is 11.8. The van der Waals surface area contributed by atoms with E-state index in [4.69, 9.17) is 18.5 Å². The van der Waals surface area contributed by atoms with Crippen LogP contribution < -0.4 is 4.89 Å². The molecule has 0 aliphatic heterocycles. The molecule has 2 unspecified atom stereocenters. The van der Waals surface area contributed by atoms with Crippen LogP contribution >= 0.6 is 7.82 Å². The van der Waals surface area contributed by atoms with Crippen LogP contribution in [0.15, 0.2) is 24.3 Å². The van der Waals surface area contributed by atoms with Crippen molar-refractivity contribution in [2.75, 3.05) is 54.1 Å². The lowest BCUT2D eigenvalue weighted by atomic mass is 10.1. The van der Waals surface area contributed by atoms with Gasteiger partial charge in [-0.15, -0.1) is 0 Å². The summed E-state index contributed by atoms with van der Waals surface area (Å²) in [5.41, 5.74) is 0. The number of carbonyl (C=O) groups is 1. The Hall–Kier alpha value is -1.02. The summed E-state index contributed by atoms with van der Waals surface area (Å²) in [6, 6.07) is 0. The fourth-order valence-corrected chi connectivity index (χ4v) is 3.99. The Bertz CT molecular complexity index is 661. The van der Waals surface area contributed by atoms with Crippen molar-refractivity contribution >= 4 is 13.8 Å². The van der Waals surface area contributed by atoms with Gasteiger partial charge in [0.25, 0.3) is 7.82 Å². The number of phosphoric ester groups is 1. The zero-order valence-electron chi connectivity index (χ0n) is 24.2. The minimum Gasteiger partial charge on any atom is -0.756 e. The molecule has 0 bridgehead atoms. The Morgan fingerprint density at radius 1 is 0.838 bits per heavy atom. The summed E-state index contributed by atoms with van der Waals surface area (Å²) < 4.78 is 33.5. The van der Waals surface area contributed by atoms with Crippen LogP contribution in [-0.4, -0.2) is 70.7 Å². The summed E-state index contributed by atoms with van der Waals surface area (Å²) in [5.74, 6) is -0.394. The molecule has 9 heteroatoms. The van der Waals surface area contributed by atoms with Crippen molar-refractivity contribution in [3.8, 4) is 0 Å². The van der Waals surface area contributed by atoms with Gasteiger partial charge in [0.05, 0.1) is 34.4 Å². The third-order valence-electron chi connectivity index (χ3n) is 5.46. The standard InChI is InChI=1S/C28H54NO7P/c1-6-8-9-10-11-12-13-14-15-16-17-18-19-20-23-33-25-27(36-28(30)21-7-2)26-35-37(31,32)34-24-22-29(3,4)5/h9-10,12-13,27H,6-8,11,14-26H2,1-5H3/b10-9-,13-12-. The van der Waals surface area contributed by atoms with Gasteiger partial charge >= 0.3 is 5.97 Å². The molecule has 0 rings (SSSR count). The number of carbonyl (C=O) groups excluding carboxylic acids is 1. The first-order valence-corrected chi connectivity index (χ1v) is 15.5. The second kappa shape index (κ2) is 22.9. The number of unbranched alkanes of at least 4 members (excludes halogenated alkanes) is 7. The van der Waals surface area contributed by atoms with Gasteiger partial charge in [-0.25, -0.2) is 0 Å². The van der Waals surface area contributed by atoms with E-state index in [-0.39, 0.29) is 26.2 Å². The topological polar surface area (TPSA) is 94.1 Å². The predicted octanol–water partition coefficient (Wildman–Crippen LogP) is 5.96. The van der Waals surface area contributed by atoms with Crippen molar-refractivity contribution in [1.82, 2.24) is 0 Å². The molecule has 0 spiro atoms. The number of quaternary nitrogens is 1. The minimum atomic E-state index is -4.48. The van der Waals surface area contributed by atoms with E-state index in [9.17, 15) is 14.3 Å². The maximum Gasteiger partial charge on any atom is 0.306 e. The fourth-order valence-electron chi connectivity index (χ4n) is 3.26. The van der Waals surface area contributed by atoms with E-state index in [0.717, 1.165) is 38.5 Å². The molecule has 0 aliphatic carbocycles. The Balaban J connectivity index is 4.05. The Morgan fingerprint density at radius 2 is 1.49 bits per heavy atom. The largest absolute Gasteiger partial charge is 0.756 e. The van der Waals surface area contributed by atoms with Gasteiger partial charge in [-0.3, -0.25) is 9.36 Å². The lowest BCUT2D eigenvalue weighted by molar-refractivity contribution is -0.870. The smallest absolute Gasteiger partial charge is 0.306 e. The van der Waals surface area contributed by atoms with Gasteiger partial charge in [-0.05, 0) is 38.5 Å². The summed E-state index contributed by atoms with van der Waals surface area (Å²) in [6.45, 7) is 4.91. The maximum absolute atomic E-state index is 12.0. The number of hydrogen-bond acceptors (Lipinski definition) is 7. The van der Waals surface area contributed by atoms with Crippen LogP contribution in [0.5, 0.6) is 0 Å². The zero-order chi connectivity index (χ0) is 27.8. The van der Waals surface area contributed by atoms with E-state index < -0.39 is 19.9 Å².